The van der Waals surface area contributed by atoms with Gasteiger partial charge in [-0.05, 0) is 12.0 Å². The van der Waals surface area contributed by atoms with Crippen molar-refractivity contribution in [2.45, 2.75) is 19.8 Å². The van der Waals surface area contributed by atoms with Gasteiger partial charge in [0.15, 0.2) is 0 Å². The Morgan fingerprint density at radius 1 is 1.38 bits per heavy atom. The van der Waals surface area contributed by atoms with Crippen LogP contribution in [0.4, 0.5) is 0 Å². The van der Waals surface area contributed by atoms with Gasteiger partial charge in [0.2, 0.25) is 0 Å². The van der Waals surface area contributed by atoms with E-state index in [0.717, 1.165) is 18.6 Å². The lowest BCUT2D eigenvalue weighted by atomic mass is 10.1. The topological polar surface area (TPSA) is 21.6 Å². The van der Waals surface area contributed by atoms with E-state index in [0.29, 0.717) is 13.3 Å². The summed E-state index contributed by atoms with van der Waals surface area (Å²) in [6.07, 6.45) is 3.81. The van der Waals surface area contributed by atoms with Gasteiger partial charge in [0, 0.05) is 5.71 Å². The summed E-state index contributed by atoms with van der Waals surface area (Å²) in [5.41, 5.74) is 2.30. The predicted octanol–water partition coefficient (Wildman–Crippen LogP) is 3.44. The van der Waals surface area contributed by atoms with E-state index < -0.39 is 0 Å². The minimum Gasteiger partial charge on any atom is -0.355 e. The van der Waals surface area contributed by atoms with Crippen molar-refractivity contribution in [2.75, 3.05) is 13.3 Å². The third-order valence-corrected chi connectivity index (χ3v) is 2.18. The van der Waals surface area contributed by atoms with Gasteiger partial charge in [0.25, 0.3) is 0 Å². The molecule has 2 heteroatoms. The highest BCUT2D eigenvalue weighted by atomic mass is 16.5. The zero-order valence-electron chi connectivity index (χ0n) is 9.86. The van der Waals surface area contributed by atoms with Crippen molar-refractivity contribution in [3.8, 4) is 0 Å². The molecule has 0 aliphatic rings. The number of hydrogen-bond donors (Lipinski definition) is 0. The van der Waals surface area contributed by atoms with Gasteiger partial charge in [0.05, 0.1) is 6.61 Å². The highest BCUT2D eigenvalue weighted by Gasteiger charge is 2.00. The van der Waals surface area contributed by atoms with Crippen LogP contribution in [0, 0.1) is 0 Å². The highest BCUT2D eigenvalue weighted by Crippen LogP contribution is 2.06. The number of hydrogen-bond acceptors (Lipinski definition) is 2. The Balaban J connectivity index is 2.63. The van der Waals surface area contributed by atoms with Crippen LogP contribution in [0.2, 0.25) is 0 Å². The molecule has 0 saturated heterocycles. The third kappa shape index (κ3) is 4.41. The molecule has 0 N–H and O–H groups in total. The molecule has 0 spiro atoms. The lowest BCUT2D eigenvalue weighted by Gasteiger charge is -2.05. The summed E-state index contributed by atoms with van der Waals surface area (Å²) in [5.74, 6) is 0. The van der Waals surface area contributed by atoms with Crippen LogP contribution in [0.25, 0.3) is 0 Å². The molecule has 0 atom stereocenters. The van der Waals surface area contributed by atoms with Gasteiger partial charge in [-0.25, -0.2) is 0 Å². The smallest absolute Gasteiger partial charge is 0.138 e. The van der Waals surface area contributed by atoms with E-state index in [4.69, 9.17) is 4.74 Å². The van der Waals surface area contributed by atoms with Crippen LogP contribution in [-0.4, -0.2) is 19.0 Å². The number of benzene rings is 1. The lowest BCUT2D eigenvalue weighted by Crippen LogP contribution is -2.03. The minimum absolute atomic E-state index is 0.413. The molecule has 0 fully saturated rings. The van der Waals surface area contributed by atoms with Crippen molar-refractivity contribution < 1.29 is 4.74 Å². The molecule has 86 valence electrons. The fourth-order valence-corrected chi connectivity index (χ4v) is 1.44. The first-order chi connectivity index (χ1) is 7.88. The molecule has 0 aromatic heterocycles. The average Bonchev–Trinajstić information content (AvgIpc) is 2.34. The normalized spacial score (nSPS) is 11.4. The van der Waals surface area contributed by atoms with Crippen LogP contribution in [0.1, 0.15) is 25.3 Å². The van der Waals surface area contributed by atoms with Crippen molar-refractivity contribution >= 4 is 5.71 Å². The summed E-state index contributed by atoms with van der Waals surface area (Å²) in [4.78, 5) is 4.47. The van der Waals surface area contributed by atoms with Crippen LogP contribution < -0.4 is 0 Å². The van der Waals surface area contributed by atoms with Gasteiger partial charge in [-0.2, -0.15) is 0 Å². The molecule has 16 heavy (non-hydrogen) atoms. The summed E-state index contributed by atoms with van der Waals surface area (Å²) in [5, 5.41) is 0. The van der Waals surface area contributed by atoms with Crippen molar-refractivity contribution in [3.63, 3.8) is 0 Å². The van der Waals surface area contributed by atoms with Crippen LogP contribution >= 0.6 is 0 Å². The maximum Gasteiger partial charge on any atom is 0.138 e. The van der Waals surface area contributed by atoms with Gasteiger partial charge in [-0.3, -0.25) is 4.99 Å². The van der Waals surface area contributed by atoms with E-state index in [-0.39, 0.29) is 0 Å². The molecule has 2 nitrogen and oxygen atoms in total. The van der Waals surface area contributed by atoms with Crippen molar-refractivity contribution in [3.05, 3.63) is 48.6 Å². The number of aliphatic imine (C=N–C) groups is 1. The fourth-order valence-electron chi connectivity index (χ4n) is 1.44. The molecule has 0 aliphatic carbocycles. The minimum atomic E-state index is 0.413. The molecule has 0 bridgehead atoms. The van der Waals surface area contributed by atoms with E-state index in [1.807, 2.05) is 18.2 Å². The molecule has 1 rings (SSSR count). The summed E-state index contributed by atoms with van der Waals surface area (Å²) in [6.45, 7) is 6.72. The maximum absolute atomic E-state index is 5.28. The van der Waals surface area contributed by atoms with Gasteiger partial charge in [-0.15, -0.1) is 6.58 Å². The SMILES string of the molecule is C=CCOCN=C(CCC)c1ccccc1. The van der Waals surface area contributed by atoms with Crippen LogP contribution in [0.15, 0.2) is 48.0 Å². The van der Waals surface area contributed by atoms with E-state index in [9.17, 15) is 0 Å². The van der Waals surface area contributed by atoms with Crippen molar-refractivity contribution in [1.29, 1.82) is 0 Å². The Morgan fingerprint density at radius 3 is 2.75 bits per heavy atom. The van der Waals surface area contributed by atoms with E-state index in [2.05, 4.69) is 30.6 Å². The van der Waals surface area contributed by atoms with Crippen LogP contribution in [-0.2, 0) is 4.74 Å². The molecule has 0 unspecified atom stereocenters. The Bertz CT molecular complexity index is 330. The molecule has 1 aromatic carbocycles. The molecular weight excluding hydrogens is 198 g/mol. The van der Waals surface area contributed by atoms with E-state index in [1.54, 1.807) is 6.08 Å². The summed E-state index contributed by atoms with van der Waals surface area (Å²) < 4.78 is 5.28. The Kier molecular flexibility index (Phi) is 6.19. The van der Waals surface area contributed by atoms with E-state index in [1.165, 1.54) is 5.56 Å². The molecule has 0 radical (unpaired) electrons. The molecular formula is C14H19NO. The Morgan fingerprint density at radius 2 is 2.12 bits per heavy atom. The van der Waals surface area contributed by atoms with Crippen LogP contribution in [0.5, 0.6) is 0 Å². The van der Waals surface area contributed by atoms with Gasteiger partial charge >= 0.3 is 0 Å². The Hall–Kier alpha value is -1.41. The molecule has 0 heterocycles. The second-order valence-electron chi connectivity index (χ2n) is 3.51. The van der Waals surface area contributed by atoms with Gasteiger partial charge < -0.3 is 4.74 Å². The second kappa shape index (κ2) is 7.83. The number of rotatable bonds is 7. The van der Waals surface area contributed by atoms with E-state index >= 15 is 0 Å². The summed E-state index contributed by atoms with van der Waals surface area (Å²) in [6, 6.07) is 10.3. The average molecular weight is 217 g/mol. The highest BCUT2D eigenvalue weighted by molar-refractivity contribution is 6.00. The quantitative estimate of drug-likeness (QED) is 0.389. The lowest BCUT2D eigenvalue weighted by molar-refractivity contribution is 0.171. The Labute approximate surface area is 97.7 Å². The zero-order valence-corrected chi connectivity index (χ0v) is 9.86. The largest absolute Gasteiger partial charge is 0.355 e. The molecule has 1 aromatic rings. The standard InChI is InChI=1S/C14H19NO/c1-3-8-14(15-12-16-11-4-2)13-9-6-5-7-10-13/h4-7,9-10H,2-3,8,11-12H2,1H3. The first kappa shape index (κ1) is 12.7. The monoisotopic (exact) mass is 217 g/mol. The van der Waals surface area contributed by atoms with Crippen molar-refractivity contribution in [2.24, 2.45) is 4.99 Å². The number of ether oxygens (including phenoxy) is 1. The molecule has 0 amide bonds. The van der Waals surface area contributed by atoms with Crippen LogP contribution in [0.3, 0.4) is 0 Å². The molecule has 0 saturated carbocycles. The number of nitrogens with zero attached hydrogens (tertiary/aromatic N) is 1. The predicted molar refractivity (Wildman–Crippen MR) is 68.9 cm³/mol. The third-order valence-electron chi connectivity index (χ3n) is 2.18. The maximum atomic E-state index is 5.28. The second-order valence-corrected chi connectivity index (χ2v) is 3.51. The first-order valence-electron chi connectivity index (χ1n) is 5.66. The first-order valence-corrected chi connectivity index (χ1v) is 5.66. The van der Waals surface area contributed by atoms with Gasteiger partial charge in [0.1, 0.15) is 6.73 Å². The van der Waals surface area contributed by atoms with Gasteiger partial charge in [-0.1, -0.05) is 49.8 Å². The zero-order chi connectivity index (χ0) is 11.6. The summed E-state index contributed by atoms with van der Waals surface area (Å²) in [7, 11) is 0. The van der Waals surface area contributed by atoms with Crippen molar-refractivity contribution in [1.82, 2.24) is 0 Å². The summed E-state index contributed by atoms with van der Waals surface area (Å²) >= 11 is 0. The molecule has 0 aliphatic heterocycles. The fraction of sp³-hybridized carbons (Fsp3) is 0.357.